The lowest BCUT2D eigenvalue weighted by molar-refractivity contribution is 0.0775. The predicted octanol–water partition coefficient (Wildman–Crippen LogP) is 4.10. The topological polar surface area (TPSA) is 108 Å². The van der Waals surface area contributed by atoms with Gasteiger partial charge in [0.15, 0.2) is 0 Å². The van der Waals surface area contributed by atoms with E-state index in [1.54, 1.807) is 24.3 Å². The van der Waals surface area contributed by atoms with Gasteiger partial charge in [-0.25, -0.2) is 0 Å². The van der Waals surface area contributed by atoms with Gasteiger partial charge in [0, 0.05) is 36.5 Å². The highest BCUT2D eigenvalue weighted by Crippen LogP contribution is 2.45. The van der Waals surface area contributed by atoms with Crippen molar-refractivity contribution in [2.24, 2.45) is 17.6 Å². The zero-order valence-electron chi connectivity index (χ0n) is 20.1. The fourth-order valence-electron chi connectivity index (χ4n) is 4.10. The molecule has 4 N–H and O–H groups in total. The molecule has 2 fully saturated rings. The van der Waals surface area contributed by atoms with Crippen LogP contribution in [0.5, 0.6) is 0 Å². The molecule has 1 aromatic heterocycles. The number of benzene rings is 1. The number of aromatic amines is 1. The summed E-state index contributed by atoms with van der Waals surface area (Å²) in [5, 5.41) is 2.78. The molecule has 0 spiro atoms. The second kappa shape index (κ2) is 11.5. The molecule has 2 atom stereocenters. The van der Waals surface area contributed by atoms with Crippen molar-refractivity contribution in [3.05, 3.63) is 70.6 Å². The Bertz CT molecular complexity index is 1090. The third kappa shape index (κ3) is 6.25. The van der Waals surface area contributed by atoms with Gasteiger partial charge in [-0.3, -0.25) is 14.4 Å². The summed E-state index contributed by atoms with van der Waals surface area (Å²) in [6.45, 7) is 8.32. The number of nitrogens with zero attached hydrogens (tertiary/aromatic N) is 1. The van der Waals surface area contributed by atoms with Crippen LogP contribution in [0, 0.1) is 11.8 Å². The van der Waals surface area contributed by atoms with Gasteiger partial charge in [-0.1, -0.05) is 31.2 Å². The van der Waals surface area contributed by atoms with Crippen molar-refractivity contribution in [2.45, 2.75) is 33.6 Å². The standard InChI is InChI=1S/C14H20N2O.C13H14N2O2/c1-4-7-9-11-10-13(14(17)15-6-3)16-12(11)8-5-2;14-12(16)8-2-1-3-9(4-8)13(17)15-6-10-5-11(10)7-15/h5,7-10,16H,4,6H2,1-3H3,(H,15,17);1-4,10-11H,5-7H2,(H2,14,16)/b8-5-,9-7+;. The Kier molecular flexibility index (Phi) is 8.46. The number of nitrogens with two attached hydrogens (primary N) is 1. The number of fused-ring (bicyclic) bond motifs is 1. The lowest BCUT2D eigenvalue weighted by atomic mass is 10.1. The normalized spacial score (nSPS) is 18.5. The molecular weight excluding hydrogens is 428 g/mol. The number of hydrogen-bond acceptors (Lipinski definition) is 3. The number of primary amides is 1. The molecule has 2 heterocycles. The molecule has 4 rings (SSSR count). The Morgan fingerprint density at radius 2 is 1.82 bits per heavy atom. The molecular formula is C27H34N4O3. The molecule has 2 aliphatic rings. The number of rotatable bonds is 7. The summed E-state index contributed by atoms with van der Waals surface area (Å²) in [5.74, 6) is 0.898. The van der Waals surface area contributed by atoms with E-state index in [2.05, 4.69) is 23.3 Å². The maximum Gasteiger partial charge on any atom is 0.267 e. The van der Waals surface area contributed by atoms with Crippen LogP contribution in [0.2, 0.25) is 0 Å². The molecule has 0 bridgehead atoms. The summed E-state index contributed by atoms with van der Waals surface area (Å²) in [4.78, 5) is 39.9. The number of nitrogens with one attached hydrogen (secondary N) is 2. The van der Waals surface area contributed by atoms with Crippen LogP contribution in [0.3, 0.4) is 0 Å². The molecule has 34 heavy (non-hydrogen) atoms. The van der Waals surface area contributed by atoms with Crippen LogP contribution in [0.1, 0.15) is 76.1 Å². The van der Waals surface area contributed by atoms with Crippen LogP contribution in [-0.4, -0.2) is 47.2 Å². The van der Waals surface area contributed by atoms with Gasteiger partial charge < -0.3 is 20.9 Å². The average Bonchev–Trinajstić information content (AvgIpc) is 3.24. The molecule has 7 nitrogen and oxygen atoms in total. The first kappa shape index (κ1) is 25.0. The number of carbonyl (C=O) groups excluding carboxylic acids is 3. The Labute approximate surface area is 201 Å². The second-order valence-electron chi connectivity index (χ2n) is 8.63. The molecule has 1 aromatic carbocycles. The Hall–Kier alpha value is -3.61. The van der Waals surface area contributed by atoms with Gasteiger partial charge in [-0.15, -0.1) is 0 Å². The first-order chi connectivity index (χ1) is 16.4. The van der Waals surface area contributed by atoms with Crippen LogP contribution >= 0.6 is 0 Å². The zero-order valence-corrected chi connectivity index (χ0v) is 20.1. The van der Waals surface area contributed by atoms with Crippen molar-refractivity contribution in [3.8, 4) is 0 Å². The maximum atomic E-state index is 12.2. The molecule has 2 unspecified atom stereocenters. The number of piperidine rings is 1. The lowest BCUT2D eigenvalue weighted by Crippen LogP contribution is -2.30. The minimum atomic E-state index is -0.496. The Morgan fingerprint density at radius 3 is 2.44 bits per heavy atom. The van der Waals surface area contributed by atoms with E-state index in [4.69, 9.17) is 5.73 Å². The molecule has 1 aliphatic carbocycles. The summed E-state index contributed by atoms with van der Waals surface area (Å²) in [7, 11) is 0. The maximum absolute atomic E-state index is 12.2. The molecule has 1 aliphatic heterocycles. The van der Waals surface area contributed by atoms with E-state index in [9.17, 15) is 14.4 Å². The number of amides is 3. The van der Waals surface area contributed by atoms with Crippen molar-refractivity contribution >= 4 is 29.9 Å². The van der Waals surface area contributed by atoms with E-state index >= 15 is 0 Å². The summed E-state index contributed by atoms with van der Waals surface area (Å²) >= 11 is 0. The van der Waals surface area contributed by atoms with Crippen LogP contribution in [0.25, 0.3) is 12.2 Å². The Balaban J connectivity index is 0.000000191. The highest BCUT2D eigenvalue weighted by Gasteiger charge is 2.46. The number of allylic oxidation sites excluding steroid dienone is 2. The molecule has 3 amide bonds. The molecule has 2 aromatic rings. The van der Waals surface area contributed by atoms with E-state index in [-0.39, 0.29) is 11.8 Å². The van der Waals surface area contributed by atoms with Crippen molar-refractivity contribution < 1.29 is 14.4 Å². The second-order valence-corrected chi connectivity index (χ2v) is 8.63. The zero-order chi connectivity index (χ0) is 24.7. The van der Waals surface area contributed by atoms with Crippen LogP contribution in [0.4, 0.5) is 0 Å². The van der Waals surface area contributed by atoms with E-state index in [1.165, 1.54) is 6.42 Å². The monoisotopic (exact) mass is 462 g/mol. The van der Waals surface area contributed by atoms with Gasteiger partial charge in [-0.2, -0.15) is 0 Å². The highest BCUT2D eigenvalue weighted by molar-refractivity contribution is 5.99. The molecule has 180 valence electrons. The van der Waals surface area contributed by atoms with Crippen molar-refractivity contribution in [2.75, 3.05) is 19.6 Å². The smallest absolute Gasteiger partial charge is 0.267 e. The average molecular weight is 463 g/mol. The fourth-order valence-corrected chi connectivity index (χ4v) is 4.10. The quantitative estimate of drug-likeness (QED) is 0.576. The third-order valence-corrected chi connectivity index (χ3v) is 5.99. The summed E-state index contributed by atoms with van der Waals surface area (Å²) < 4.78 is 0. The van der Waals surface area contributed by atoms with Crippen molar-refractivity contribution in [1.82, 2.24) is 15.2 Å². The number of aromatic nitrogens is 1. The molecule has 1 saturated heterocycles. The summed E-state index contributed by atoms with van der Waals surface area (Å²) in [6.07, 6.45) is 10.3. The molecule has 1 saturated carbocycles. The highest BCUT2D eigenvalue weighted by atomic mass is 16.2. The van der Waals surface area contributed by atoms with E-state index in [0.717, 1.165) is 42.6 Å². The van der Waals surface area contributed by atoms with Gasteiger partial charge >= 0.3 is 0 Å². The van der Waals surface area contributed by atoms with E-state index < -0.39 is 5.91 Å². The van der Waals surface area contributed by atoms with Gasteiger partial charge in [0.25, 0.3) is 11.8 Å². The minimum Gasteiger partial charge on any atom is -0.366 e. The number of likely N-dealkylation sites (tertiary alicyclic amines) is 1. The van der Waals surface area contributed by atoms with Crippen LogP contribution in [-0.2, 0) is 0 Å². The number of hydrogen-bond donors (Lipinski definition) is 3. The van der Waals surface area contributed by atoms with E-state index in [0.29, 0.717) is 23.4 Å². The number of H-pyrrole nitrogens is 1. The summed E-state index contributed by atoms with van der Waals surface area (Å²) in [6, 6.07) is 8.52. The van der Waals surface area contributed by atoms with Gasteiger partial charge in [0.2, 0.25) is 5.91 Å². The first-order valence-corrected chi connectivity index (χ1v) is 11.9. The van der Waals surface area contributed by atoms with Gasteiger partial charge in [-0.05, 0) is 74.4 Å². The molecule has 0 radical (unpaired) electrons. The SMILES string of the molecule is C/C=C\c1[nH]c(C(=O)NCC)cc1/C=C/CC.NC(=O)c1cccc(C(=O)N2CC3CC3C2)c1. The minimum absolute atomic E-state index is 0.0142. The largest absolute Gasteiger partial charge is 0.366 e. The molecule has 7 heteroatoms. The summed E-state index contributed by atoms with van der Waals surface area (Å²) in [5.41, 5.74) is 8.77. The van der Waals surface area contributed by atoms with Crippen molar-refractivity contribution in [1.29, 1.82) is 0 Å². The fraction of sp³-hybridized carbons (Fsp3) is 0.370. The lowest BCUT2D eigenvalue weighted by Gasteiger charge is -2.18. The predicted molar refractivity (Wildman–Crippen MR) is 135 cm³/mol. The van der Waals surface area contributed by atoms with Crippen LogP contribution in [0.15, 0.2) is 42.5 Å². The van der Waals surface area contributed by atoms with Gasteiger partial charge in [0.05, 0.1) is 0 Å². The number of carbonyl (C=O) groups is 3. The van der Waals surface area contributed by atoms with Crippen molar-refractivity contribution in [3.63, 3.8) is 0 Å². The third-order valence-electron chi connectivity index (χ3n) is 5.99. The Morgan fingerprint density at radius 1 is 1.12 bits per heavy atom. The first-order valence-electron chi connectivity index (χ1n) is 11.9. The van der Waals surface area contributed by atoms with Gasteiger partial charge in [0.1, 0.15) is 5.69 Å². The van der Waals surface area contributed by atoms with E-state index in [1.807, 2.05) is 43.0 Å². The van der Waals surface area contributed by atoms with Crippen LogP contribution < -0.4 is 11.1 Å².